The van der Waals surface area contributed by atoms with Crippen molar-refractivity contribution in [3.05, 3.63) is 58.4 Å². The van der Waals surface area contributed by atoms with Gasteiger partial charge in [0.15, 0.2) is 0 Å². The van der Waals surface area contributed by atoms with Crippen LogP contribution in [0.1, 0.15) is 42.5 Å². The molecule has 0 unspecified atom stereocenters. The normalized spacial score (nSPS) is 13.5. The first-order chi connectivity index (χ1) is 9.99. The third-order valence-corrected chi connectivity index (χ3v) is 3.43. The molecular weight excluding hydrogens is 272 g/mol. The number of carbonyl (C=O) groups is 3. The Morgan fingerprint density at radius 1 is 1.10 bits per heavy atom. The SMILES string of the molecule is Cc1cc(C(=O)ON2C(=O)c3ccccc3C2=O)[nH]c1C. The Morgan fingerprint density at radius 3 is 2.14 bits per heavy atom. The number of hydrogen-bond donors (Lipinski definition) is 1. The van der Waals surface area contributed by atoms with Crippen molar-refractivity contribution >= 4 is 17.8 Å². The first kappa shape index (κ1) is 13.1. The van der Waals surface area contributed by atoms with Gasteiger partial charge < -0.3 is 9.82 Å². The van der Waals surface area contributed by atoms with Crippen molar-refractivity contribution in [1.29, 1.82) is 0 Å². The van der Waals surface area contributed by atoms with E-state index in [9.17, 15) is 14.4 Å². The molecule has 0 saturated heterocycles. The van der Waals surface area contributed by atoms with Gasteiger partial charge in [-0.25, -0.2) is 4.79 Å². The number of H-pyrrole nitrogens is 1. The number of hydroxylamine groups is 2. The number of benzene rings is 1. The van der Waals surface area contributed by atoms with Gasteiger partial charge in [0.05, 0.1) is 11.1 Å². The average molecular weight is 284 g/mol. The molecule has 2 aromatic rings. The predicted octanol–water partition coefficient (Wildman–Crippen LogP) is 2.00. The van der Waals surface area contributed by atoms with E-state index >= 15 is 0 Å². The van der Waals surface area contributed by atoms with Crippen LogP contribution in [-0.2, 0) is 4.84 Å². The highest BCUT2D eigenvalue weighted by Crippen LogP contribution is 2.23. The maximum atomic E-state index is 12.1. The minimum Gasteiger partial charge on any atom is -0.353 e. The van der Waals surface area contributed by atoms with Gasteiger partial charge in [0.2, 0.25) is 0 Å². The number of hydrogen-bond acceptors (Lipinski definition) is 4. The van der Waals surface area contributed by atoms with E-state index in [1.807, 2.05) is 13.8 Å². The van der Waals surface area contributed by atoms with Crippen molar-refractivity contribution in [1.82, 2.24) is 10.0 Å². The highest BCUT2D eigenvalue weighted by atomic mass is 16.7. The van der Waals surface area contributed by atoms with Crippen LogP contribution in [0.4, 0.5) is 0 Å². The summed E-state index contributed by atoms with van der Waals surface area (Å²) < 4.78 is 0. The maximum absolute atomic E-state index is 12.1. The molecule has 1 aliphatic heterocycles. The topological polar surface area (TPSA) is 79.5 Å². The highest BCUT2D eigenvalue weighted by molar-refractivity contribution is 6.21. The second kappa shape index (κ2) is 4.59. The summed E-state index contributed by atoms with van der Waals surface area (Å²) >= 11 is 0. The lowest BCUT2D eigenvalue weighted by molar-refractivity contribution is -0.0588. The lowest BCUT2D eigenvalue weighted by Gasteiger charge is -2.11. The van der Waals surface area contributed by atoms with Crippen molar-refractivity contribution in [2.45, 2.75) is 13.8 Å². The van der Waals surface area contributed by atoms with Gasteiger partial charge in [-0.15, -0.1) is 0 Å². The summed E-state index contributed by atoms with van der Waals surface area (Å²) in [5.41, 5.74) is 2.37. The summed E-state index contributed by atoms with van der Waals surface area (Å²) in [7, 11) is 0. The van der Waals surface area contributed by atoms with E-state index in [0.29, 0.717) is 5.06 Å². The fourth-order valence-electron chi connectivity index (χ4n) is 2.15. The molecule has 0 radical (unpaired) electrons. The largest absolute Gasteiger partial charge is 0.379 e. The fraction of sp³-hybridized carbons (Fsp3) is 0.133. The number of amides is 2. The van der Waals surface area contributed by atoms with Crippen LogP contribution >= 0.6 is 0 Å². The number of nitrogens with zero attached hydrogens (tertiary/aromatic N) is 1. The van der Waals surface area contributed by atoms with Crippen molar-refractivity contribution in [3.63, 3.8) is 0 Å². The van der Waals surface area contributed by atoms with E-state index < -0.39 is 17.8 Å². The molecule has 1 aromatic heterocycles. The Kier molecular flexibility index (Phi) is 2.86. The monoisotopic (exact) mass is 284 g/mol. The van der Waals surface area contributed by atoms with Gasteiger partial charge in [-0.3, -0.25) is 9.59 Å². The lowest BCUT2D eigenvalue weighted by Crippen LogP contribution is -2.32. The number of rotatable bonds is 2. The number of aromatic amines is 1. The summed E-state index contributed by atoms with van der Waals surface area (Å²) in [6.07, 6.45) is 0. The van der Waals surface area contributed by atoms with Gasteiger partial charge in [-0.05, 0) is 37.6 Å². The molecule has 2 heterocycles. The molecule has 1 N–H and O–H groups in total. The van der Waals surface area contributed by atoms with E-state index in [4.69, 9.17) is 4.84 Å². The number of aromatic nitrogens is 1. The number of aryl methyl sites for hydroxylation is 2. The van der Waals surface area contributed by atoms with Gasteiger partial charge in [0, 0.05) is 5.69 Å². The summed E-state index contributed by atoms with van der Waals surface area (Å²) in [6.45, 7) is 3.65. The zero-order valence-electron chi connectivity index (χ0n) is 11.5. The third kappa shape index (κ3) is 2.01. The third-order valence-electron chi connectivity index (χ3n) is 3.43. The smallest absolute Gasteiger partial charge is 0.353 e. The van der Waals surface area contributed by atoms with Gasteiger partial charge >= 0.3 is 5.97 Å². The van der Waals surface area contributed by atoms with Crippen LogP contribution in [0.25, 0.3) is 0 Å². The quantitative estimate of drug-likeness (QED) is 0.855. The van der Waals surface area contributed by atoms with E-state index in [1.54, 1.807) is 18.2 Å². The number of nitrogens with one attached hydrogen (secondary N) is 1. The molecule has 0 spiro atoms. The van der Waals surface area contributed by atoms with Crippen LogP contribution < -0.4 is 0 Å². The van der Waals surface area contributed by atoms with Crippen molar-refractivity contribution < 1.29 is 19.2 Å². The minimum atomic E-state index is -0.777. The molecule has 0 atom stereocenters. The summed E-state index contributed by atoms with van der Waals surface area (Å²) in [5, 5.41) is 0.499. The maximum Gasteiger partial charge on any atom is 0.379 e. The van der Waals surface area contributed by atoms with Crippen LogP contribution in [-0.4, -0.2) is 27.8 Å². The van der Waals surface area contributed by atoms with Gasteiger partial charge in [0.25, 0.3) is 11.8 Å². The average Bonchev–Trinajstić information content (AvgIpc) is 2.93. The van der Waals surface area contributed by atoms with Gasteiger partial charge in [0.1, 0.15) is 5.69 Å². The standard InChI is InChI=1S/C15H12N2O4/c1-8-7-12(16-9(8)2)15(20)21-17-13(18)10-5-3-4-6-11(10)14(17)19/h3-7,16H,1-2H3. The molecule has 0 bridgehead atoms. The Labute approximate surface area is 120 Å². The lowest BCUT2D eigenvalue weighted by atomic mass is 10.1. The molecule has 0 aliphatic carbocycles. The molecule has 6 heteroatoms. The molecule has 1 aliphatic rings. The molecule has 0 fully saturated rings. The number of fused-ring (bicyclic) bond motifs is 1. The Hall–Kier alpha value is -2.89. The summed E-state index contributed by atoms with van der Waals surface area (Å²) in [5.74, 6) is -2.05. The Morgan fingerprint density at radius 2 is 1.67 bits per heavy atom. The van der Waals surface area contributed by atoms with Crippen LogP contribution in [0.5, 0.6) is 0 Å². The van der Waals surface area contributed by atoms with Crippen LogP contribution in [0.2, 0.25) is 0 Å². The Bertz CT molecular complexity index is 721. The molecule has 21 heavy (non-hydrogen) atoms. The first-order valence-corrected chi connectivity index (χ1v) is 6.35. The Balaban J connectivity index is 1.85. The fourth-order valence-corrected chi connectivity index (χ4v) is 2.15. The molecule has 1 aromatic carbocycles. The number of imide groups is 1. The first-order valence-electron chi connectivity index (χ1n) is 6.35. The van der Waals surface area contributed by atoms with E-state index in [2.05, 4.69) is 4.98 Å². The van der Waals surface area contributed by atoms with Crippen molar-refractivity contribution in [2.75, 3.05) is 0 Å². The van der Waals surface area contributed by atoms with Gasteiger partial charge in [-0.2, -0.15) is 0 Å². The van der Waals surface area contributed by atoms with Crippen LogP contribution in [0.3, 0.4) is 0 Å². The molecule has 0 saturated carbocycles. The van der Waals surface area contributed by atoms with Gasteiger partial charge in [-0.1, -0.05) is 17.2 Å². The van der Waals surface area contributed by atoms with E-state index in [-0.39, 0.29) is 16.8 Å². The summed E-state index contributed by atoms with van der Waals surface area (Å²) in [4.78, 5) is 43.9. The van der Waals surface area contributed by atoms with E-state index in [1.165, 1.54) is 12.1 Å². The molecule has 2 amide bonds. The molecule has 3 rings (SSSR count). The van der Waals surface area contributed by atoms with Crippen molar-refractivity contribution in [3.8, 4) is 0 Å². The summed E-state index contributed by atoms with van der Waals surface area (Å²) in [6, 6.07) is 7.94. The second-order valence-electron chi connectivity index (χ2n) is 4.82. The van der Waals surface area contributed by atoms with Crippen LogP contribution in [0.15, 0.2) is 30.3 Å². The molecule has 106 valence electrons. The van der Waals surface area contributed by atoms with Crippen LogP contribution in [0, 0.1) is 13.8 Å². The molecule has 6 nitrogen and oxygen atoms in total. The number of carbonyl (C=O) groups excluding carboxylic acids is 3. The van der Waals surface area contributed by atoms with E-state index in [0.717, 1.165) is 11.3 Å². The zero-order chi connectivity index (χ0) is 15.1. The molecular formula is C15H12N2O4. The highest BCUT2D eigenvalue weighted by Gasteiger charge is 2.38. The van der Waals surface area contributed by atoms with Crippen molar-refractivity contribution in [2.24, 2.45) is 0 Å². The second-order valence-corrected chi connectivity index (χ2v) is 4.82. The zero-order valence-corrected chi connectivity index (χ0v) is 11.5. The predicted molar refractivity (Wildman–Crippen MR) is 72.6 cm³/mol. The minimum absolute atomic E-state index is 0.196.